The molecule has 0 amide bonds. The molecule has 0 aliphatic heterocycles. The normalized spacial score (nSPS) is 12.7. The predicted octanol–water partition coefficient (Wildman–Crippen LogP) is 2.68. The van der Waals surface area contributed by atoms with E-state index < -0.39 is 10.0 Å². The monoisotopic (exact) mass is 325 g/mol. The fourth-order valence-corrected chi connectivity index (χ4v) is 3.44. The van der Waals surface area contributed by atoms with Crippen LogP contribution in [0.2, 0.25) is 10.0 Å². The van der Waals surface area contributed by atoms with E-state index in [0.29, 0.717) is 11.4 Å². The fraction of sp³-hybridized carbons (Fsp3) is 0.500. The van der Waals surface area contributed by atoms with Crippen molar-refractivity contribution in [1.82, 2.24) is 4.72 Å². The van der Waals surface area contributed by atoms with Gasteiger partial charge in [-0.25, -0.2) is 13.1 Å². The molecule has 0 bridgehead atoms. The van der Waals surface area contributed by atoms with Crippen LogP contribution in [0.15, 0.2) is 23.1 Å². The molecule has 108 valence electrons. The van der Waals surface area contributed by atoms with Crippen molar-refractivity contribution in [3.8, 4) is 0 Å². The lowest BCUT2D eigenvalue weighted by atomic mass is 9.90. The Morgan fingerprint density at radius 2 is 1.95 bits per heavy atom. The van der Waals surface area contributed by atoms with E-state index in [1.807, 2.05) is 13.8 Å². The highest BCUT2D eigenvalue weighted by Crippen LogP contribution is 2.26. The zero-order chi connectivity index (χ0) is 14.7. The molecule has 0 unspecified atom stereocenters. The largest absolute Gasteiger partial charge is 0.396 e. The number of aliphatic hydroxyl groups excluding tert-OH is 1. The number of aliphatic hydroxyl groups is 1. The fourth-order valence-electron chi connectivity index (χ4n) is 1.44. The van der Waals surface area contributed by atoms with E-state index in [4.69, 9.17) is 28.3 Å². The standard InChI is InChI=1S/C12H17Cl2NO3S/c1-12(2,5-6-16)8-15-19(17,18)11-7-9(13)3-4-10(11)14/h3-4,7,15-16H,5-6,8H2,1-2H3. The molecular weight excluding hydrogens is 309 g/mol. The molecule has 0 spiro atoms. The minimum Gasteiger partial charge on any atom is -0.396 e. The van der Waals surface area contributed by atoms with Crippen molar-refractivity contribution in [2.45, 2.75) is 25.2 Å². The van der Waals surface area contributed by atoms with Gasteiger partial charge < -0.3 is 5.11 Å². The first-order valence-electron chi connectivity index (χ1n) is 5.73. The summed E-state index contributed by atoms with van der Waals surface area (Å²) >= 11 is 11.7. The summed E-state index contributed by atoms with van der Waals surface area (Å²) in [6.07, 6.45) is 0.499. The number of benzene rings is 1. The Morgan fingerprint density at radius 1 is 1.32 bits per heavy atom. The maximum atomic E-state index is 12.1. The summed E-state index contributed by atoms with van der Waals surface area (Å²) in [4.78, 5) is -0.0403. The lowest BCUT2D eigenvalue weighted by Crippen LogP contribution is -2.34. The average molecular weight is 326 g/mol. The molecule has 0 aliphatic rings. The highest BCUT2D eigenvalue weighted by molar-refractivity contribution is 7.89. The number of halogens is 2. The molecule has 0 saturated carbocycles. The van der Waals surface area contributed by atoms with Gasteiger partial charge in [-0.05, 0) is 30.0 Å². The van der Waals surface area contributed by atoms with Crippen LogP contribution in [0.1, 0.15) is 20.3 Å². The molecule has 0 fully saturated rings. The van der Waals surface area contributed by atoms with Crippen molar-refractivity contribution in [3.05, 3.63) is 28.2 Å². The number of nitrogens with one attached hydrogen (secondary N) is 1. The highest BCUT2D eigenvalue weighted by Gasteiger charge is 2.23. The second-order valence-corrected chi connectivity index (χ2v) is 7.62. The summed E-state index contributed by atoms with van der Waals surface area (Å²) in [6, 6.07) is 4.28. The topological polar surface area (TPSA) is 66.4 Å². The van der Waals surface area contributed by atoms with Gasteiger partial charge in [-0.1, -0.05) is 37.0 Å². The Labute approximate surface area is 123 Å². The molecule has 0 saturated heterocycles. The SMILES string of the molecule is CC(C)(CCO)CNS(=O)(=O)c1cc(Cl)ccc1Cl. The Hall–Kier alpha value is -0.330. The molecule has 1 aromatic rings. The predicted molar refractivity (Wildman–Crippen MR) is 77.1 cm³/mol. The minimum atomic E-state index is -3.71. The first-order chi connectivity index (χ1) is 8.68. The quantitative estimate of drug-likeness (QED) is 0.845. The van der Waals surface area contributed by atoms with E-state index in [0.717, 1.165) is 0 Å². The van der Waals surface area contributed by atoms with Gasteiger partial charge in [0.25, 0.3) is 0 Å². The van der Waals surface area contributed by atoms with E-state index in [1.54, 1.807) is 0 Å². The van der Waals surface area contributed by atoms with Crippen LogP contribution < -0.4 is 4.72 Å². The summed E-state index contributed by atoms with van der Waals surface area (Å²) in [6.45, 7) is 3.95. The number of sulfonamides is 1. The second kappa shape index (κ2) is 6.41. The summed E-state index contributed by atoms with van der Waals surface area (Å²) < 4.78 is 26.8. The maximum absolute atomic E-state index is 12.1. The molecule has 2 N–H and O–H groups in total. The summed E-state index contributed by atoms with van der Waals surface area (Å²) in [5.41, 5.74) is -0.340. The molecule has 1 rings (SSSR count). The van der Waals surface area contributed by atoms with Crippen LogP contribution in [-0.4, -0.2) is 26.7 Å². The number of hydrogen-bond donors (Lipinski definition) is 2. The zero-order valence-corrected chi connectivity index (χ0v) is 13.1. The Kier molecular flexibility index (Phi) is 5.65. The second-order valence-electron chi connectivity index (χ2n) is 5.04. The Morgan fingerprint density at radius 3 is 2.53 bits per heavy atom. The van der Waals surface area contributed by atoms with Crippen LogP contribution >= 0.6 is 23.2 Å². The van der Waals surface area contributed by atoms with Crippen molar-refractivity contribution in [2.24, 2.45) is 5.41 Å². The van der Waals surface area contributed by atoms with Crippen molar-refractivity contribution in [3.63, 3.8) is 0 Å². The van der Waals surface area contributed by atoms with Gasteiger partial charge >= 0.3 is 0 Å². The third-order valence-electron chi connectivity index (χ3n) is 2.71. The van der Waals surface area contributed by atoms with E-state index in [9.17, 15) is 8.42 Å². The van der Waals surface area contributed by atoms with Crippen molar-refractivity contribution >= 4 is 33.2 Å². The van der Waals surface area contributed by atoms with E-state index in [1.165, 1.54) is 18.2 Å². The molecule has 7 heteroatoms. The molecule has 0 atom stereocenters. The zero-order valence-electron chi connectivity index (χ0n) is 10.8. The highest BCUT2D eigenvalue weighted by atomic mass is 35.5. The number of hydrogen-bond acceptors (Lipinski definition) is 3. The summed E-state index contributed by atoms with van der Waals surface area (Å²) in [5, 5.41) is 9.34. The first-order valence-corrected chi connectivity index (χ1v) is 7.97. The molecule has 0 aliphatic carbocycles. The van der Waals surface area contributed by atoms with Gasteiger partial charge in [-0.15, -0.1) is 0 Å². The van der Waals surface area contributed by atoms with Gasteiger partial charge in [0.15, 0.2) is 0 Å². The van der Waals surface area contributed by atoms with Gasteiger partial charge in [0, 0.05) is 18.2 Å². The van der Waals surface area contributed by atoms with Gasteiger partial charge in [-0.2, -0.15) is 0 Å². The van der Waals surface area contributed by atoms with Crippen LogP contribution in [0.25, 0.3) is 0 Å². The molecule has 0 aromatic heterocycles. The van der Waals surface area contributed by atoms with Crippen molar-refractivity contribution in [1.29, 1.82) is 0 Å². The van der Waals surface area contributed by atoms with Crippen LogP contribution in [0.4, 0.5) is 0 Å². The van der Waals surface area contributed by atoms with Crippen LogP contribution in [0, 0.1) is 5.41 Å². The van der Waals surface area contributed by atoms with Crippen LogP contribution in [0.5, 0.6) is 0 Å². The Balaban J connectivity index is 2.90. The molecule has 0 radical (unpaired) electrons. The third-order valence-corrected chi connectivity index (χ3v) is 4.83. The molecule has 4 nitrogen and oxygen atoms in total. The molecular formula is C12H17Cl2NO3S. The maximum Gasteiger partial charge on any atom is 0.242 e. The Bertz CT molecular complexity index is 544. The van der Waals surface area contributed by atoms with Gasteiger partial charge in [0.1, 0.15) is 4.90 Å². The smallest absolute Gasteiger partial charge is 0.242 e. The lowest BCUT2D eigenvalue weighted by Gasteiger charge is -2.23. The molecule has 0 heterocycles. The first kappa shape index (κ1) is 16.7. The minimum absolute atomic E-state index is 0.00660. The summed E-state index contributed by atoms with van der Waals surface area (Å²) in [7, 11) is -3.71. The van der Waals surface area contributed by atoms with Crippen molar-refractivity contribution in [2.75, 3.05) is 13.2 Å². The van der Waals surface area contributed by atoms with E-state index in [2.05, 4.69) is 4.72 Å². The molecule has 19 heavy (non-hydrogen) atoms. The third kappa shape index (κ3) is 4.93. The average Bonchev–Trinajstić information content (AvgIpc) is 2.30. The van der Waals surface area contributed by atoms with Gasteiger partial charge in [-0.3, -0.25) is 0 Å². The van der Waals surface area contributed by atoms with Gasteiger partial charge in [0.2, 0.25) is 10.0 Å². The van der Waals surface area contributed by atoms with Crippen molar-refractivity contribution < 1.29 is 13.5 Å². The lowest BCUT2D eigenvalue weighted by molar-refractivity contribution is 0.213. The van der Waals surface area contributed by atoms with E-state index in [-0.39, 0.29) is 28.5 Å². The summed E-state index contributed by atoms with van der Waals surface area (Å²) in [5.74, 6) is 0. The van der Waals surface area contributed by atoms with E-state index >= 15 is 0 Å². The van der Waals surface area contributed by atoms with Gasteiger partial charge in [0.05, 0.1) is 5.02 Å². The number of rotatable bonds is 6. The van der Waals surface area contributed by atoms with Crippen LogP contribution in [-0.2, 0) is 10.0 Å². The van der Waals surface area contributed by atoms with Crippen LogP contribution in [0.3, 0.4) is 0 Å². The molecule has 1 aromatic carbocycles.